The van der Waals surface area contributed by atoms with Crippen LogP contribution in [0.25, 0.3) is 5.65 Å². The second-order valence-electron chi connectivity index (χ2n) is 2.61. The van der Waals surface area contributed by atoms with Crippen molar-refractivity contribution in [2.45, 2.75) is 0 Å². The van der Waals surface area contributed by atoms with E-state index in [4.69, 9.17) is 28.3 Å². The first-order valence-electron chi connectivity index (χ1n) is 3.64. The number of nitrogens with zero attached hydrogens (tertiary/aromatic N) is 3. The standard InChI is InChI=1S/C7H2Cl2FN3O2/c8-4-3(10)5(9)13-6(12-4)2(1-11-13)7(14)15/h1H,(H,14,15). The number of hydrogen-bond donors (Lipinski definition) is 1. The molecule has 2 aromatic heterocycles. The van der Waals surface area contributed by atoms with Gasteiger partial charge < -0.3 is 5.11 Å². The average Bonchev–Trinajstić information content (AvgIpc) is 2.58. The monoisotopic (exact) mass is 249 g/mol. The molecule has 2 rings (SSSR count). The van der Waals surface area contributed by atoms with E-state index in [-0.39, 0.29) is 11.2 Å². The largest absolute Gasteiger partial charge is 0.477 e. The summed E-state index contributed by atoms with van der Waals surface area (Å²) in [6.45, 7) is 0. The molecular weight excluding hydrogens is 248 g/mol. The van der Waals surface area contributed by atoms with Gasteiger partial charge in [0.15, 0.2) is 21.8 Å². The highest BCUT2D eigenvalue weighted by Crippen LogP contribution is 2.23. The van der Waals surface area contributed by atoms with Crippen LogP contribution in [-0.2, 0) is 0 Å². The maximum Gasteiger partial charge on any atom is 0.341 e. The van der Waals surface area contributed by atoms with E-state index in [2.05, 4.69) is 10.1 Å². The zero-order valence-corrected chi connectivity index (χ0v) is 8.42. The van der Waals surface area contributed by atoms with Crippen molar-refractivity contribution in [2.24, 2.45) is 0 Å². The molecule has 0 amide bonds. The maximum absolute atomic E-state index is 13.1. The Hall–Kier alpha value is -1.40. The Morgan fingerprint density at radius 2 is 2.20 bits per heavy atom. The molecule has 0 fully saturated rings. The second kappa shape index (κ2) is 3.32. The van der Waals surface area contributed by atoms with E-state index in [1.165, 1.54) is 0 Å². The van der Waals surface area contributed by atoms with E-state index in [9.17, 15) is 9.18 Å². The molecule has 8 heteroatoms. The normalized spacial score (nSPS) is 10.9. The number of carbonyl (C=O) groups is 1. The van der Waals surface area contributed by atoms with Gasteiger partial charge in [-0.05, 0) is 0 Å². The summed E-state index contributed by atoms with van der Waals surface area (Å²) in [4.78, 5) is 14.3. The Labute approximate surface area is 92.1 Å². The quantitative estimate of drug-likeness (QED) is 0.784. The molecular formula is C7H2Cl2FN3O2. The molecule has 0 radical (unpaired) electrons. The van der Waals surface area contributed by atoms with Crippen LogP contribution >= 0.6 is 23.2 Å². The number of carboxylic acids is 1. The molecule has 0 aliphatic rings. The van der Waals surface area contributed by atoms with Crippen LogP contribution in [0.2, 0.25) is 10.3 Å². The summed E-state index contributed by atoms with van der Waals surface area (Å²) < 4.78 is 14.0. The summed E-state index contributed by atoms with van der Waals surface area (Å²) in [5.74, 6) is -2.18. The first-order chi connectivity index (χ1) is 7.02. The highest BCUT2D eigenvalue weighted by Gasteiger charge is 2.19. The number of rotatable bonds is 1. The van der Waals surface area contributed by atoms with Gasteiger partial charge in [0.05, 0.1) is 6.20 Å². The van der Waals surface area contributed by atoms with Crippen molar-refractivity contribution in [1.29, 1.82) is 0 Å². The number of carboxylic acid groups (broad SMARTS) is 1. The van der Waals surface area contributed by atoms with E-state index in [1.54, 1.807) is 0 Å². The molecule has 0 aromatic carbocycles. The second-order valence-corrected chi connectivity index (χ2v) is 3.32. The molecule has 0 saturated heterocycles. The Balaban J connectivity index is 2.89. The van der Waals surface area contributed by atoms with Crippen LogP contribution in [0.3, 0.4) is 0 Å². The molecule has 5 nitrogen and oxygen atoms in total. The zero-order valence-electron chi connectivity index (χ0n) is 6.91. The molecule has 0 atom stereocenters. The van der Waals surface area contributed by atoms with Crippen LogP contribution in [0.4, 0.5) is 4.39 Å². The van der Waals surface area contributed by atoms with Gasteiger partial charge in [0.2, 0.25) is 0 Å². The molecule has 0 aliphatic carbocycles. The molecule has 15 heavy (non-hydrogen) atoms. The van der Waals surface area contributed by atoms with Crippen molar-refractivity contribution in [3.05, 3.63) is 27.9 Å². The Bertz CT molecular complexity index is 569. The fourth-order valence-corrected chi connectivity index (χ4v) is 1.50. The highest BCUT2D eigenvalue weighted by molar-refractivity contribution is 6.33. The van der Waals surface area contributed by atoms with Crippen molar-refractivity contribution in [2.75, 3.05) is 0 Å². The van der Waals surface area contributed by atoms with Crippen molar-refractivity contribution in [3.8, 4) is 0 Å². The van der Waals surface area contributed by atoms with E-state index in [1.807, 2.05) is 0 Å². The Kier molecular flexibility index (Phi) is 2.24. The highest BCUT2D eigenvalue weighted by atomic mass is 35.5. The summed E-state index contributed by atoms with van der Waals surface area (Å²) in [6.07, 6.45) is 1.02. The predicted octanol–water partition coefficient (Wildman–Crippen LogP) is 1.87. The van der Waals surface area contributed by atoms with Gasteiger partial charge in [-0.3, -0.25) is 0 Å². The Morgan fingerprint density at radius 3 is 2.80 bits per heavy atom. The van der Waals surface area contributed by atoms with Gasteiger partial charge in [0.25, 0.3) is 0 Å². The molecule has 0 aliphatic heterocycles. The molecule has 0 saturated carbocycles. The lowest BCUT2D eigenvalue weighted by atomic mass is 10.3. The van der Waals surface area contributed by atoms with E-state index in [0.717, 1.165) is 10.7 Å². The third-order valence-corrected chi connectivity index (χ3v) is 2.30. The van der Waals surface area contributed by atoms with E-state index >= 15 is 0 Å². The van der Waals surface area contributed by atoms with Crippen LogP contribution in [0.5, 0.6) is 0 Å². The average molecular weight is 250 g/mol. The first kappa shape index (κ1) is 10.1. The minimum Gasteiger partial charge on any atom is -0.477 e. The van der Waals surface area contributed by atoms with Crippen LogP contribution in [0.1, 0.15) is 10.4 Å². The van der Waals surface area contributed by atoms with Crippen LogP contribution in [0, 0.1) is 5.82 Å². The molecule has 0 spiro atoms. The predicted molar refractivity (Wildman–Crippen MR) is 49.9 cm³/mol. The van der Waals surface area contributed by atoms with Crippen LogP contribution in [0.15, 0.2) is 6.20 Å². The molecule has 2 heterocycles. The van der Waals surface area contributed by atoms with Gasteiger partial charge in [-0.15, -0.1) is 0 Å². The summed E-state index contributed by atoms with van der Waals surface area (Å²) in [5.41, 5.74) is -0.294. The lowest BCUT2D eigenvalue weighted by Gasteiger charge is -2.00. The topological polar surface area (TPSA) is 67.5 Å². The first-order valence-corrected chi connectivity index (χ1v) is 4.39. The molecule has 0 unspecified atom stereocenters. The van der Waals surface area contributed by atoms with Gasteiger partial charge >= 0.3 is 5.97 Å². The fraction of sp³-hybridized carbons (Fsp3) is 0. The maximum atomic E-state index is 13.1. The van der Waals surface area contributed by atoms with Gasteiger partial charge in [-0.25, -0.2) is 14.2 Å². The molecule has 78 valence electrons. The van der Waals surface area contributed by atoms with Gasteiger partial charge in [-0.2, -0.15) is 9.61 Å². The van der Waals surface area contributed by atoms with Gasteiger partial charge in [-0.1, -0.05) is 23.2 Å². The fourth-order valence-electron chi connectivity index (χ4n) is 1.06. The van der Waals surface area contributed by atoms with Crippen molar-refractivity contribution in [1.82, 2.24) is 14.6 Å². The summed E-state index contributed by atoms with van der Waals surface area (Å²) >= 11 is 11.0. The number of aromatic nitrogens is 3. The third-order valence-electron chi connectivity index (χ3n) is 1.73. The number of fused-ring (bicyclic) bond motifs is 1. The minimum absolute atomic E-state index is 0.0982. The van der Waals surface area contributed by atoms with Crippen molar-refractivity contribution in [3.63, 3.8) is 0 Å². The van der Waals surface area contributed by atoms with E-state index < -0.39 is 22.1 Å². The molecule has 2 aromatic rings. The van der Waals surface area contributed by atoms with Crippen LogP contribution < -0.4 is 0 Å². The minimum atomic E-state index is -1.24. The number of aromatic carboxylic acids is 1. The lowest BCUT2D eigenvalue weighted by molar-refractivity contribution is 0.0698. The zero-order chi connectivity index (χ0) is 11.2. The molecule has 0 bridgehead atoms. The van der Waals surface area contributed by atoms with Gasteiger partial charge in [0, 0.05) is 0 Å². The molecule has 1 N–H and O–H groups in total. The SMILES string of the molecule is O=C(O)c1cnn2c(Cl)c(F)c(Cl)nc12. The van der Waals surface area contributed by atoms with Crippen molar-refractivity contribution < 1.29 is 14.3 Å². The number of halogens is 3. The summed E-state index contributed by atoms with van der Waals surface area (Å²) in [6, 6.07) is 0. The third kappa shape index (κ3) is 1.42. The summed E-state index contributed by atoms with van der Waals surface area (Å²) in [7, 11) is 0. The van der Waals surface area contributed by atoms with Crippen LogP contribution in [-0.4, -0.2) is 25.7 Å². The van der Waals surface area contributed by atoms with E-state index in [0.29, 0.717) is 0 Å². The number of hydrogen-bond acceptors (Lipinski definition) is 3. The smallest absolute Gasteiger partial charge is 0.341 e. The van der Waals surface area contributed by atoms with Crippen molar-refractivity contribution >= 4 is 34.8 Å². The Morgan fingerprint density at radius 1 is 1.53 bits per heavy atom. The summed E-state index contributed by atoms with van der Waals surface area (Å²) in [5, 5.41) is 11.4. The lowest BCUT2D eigenvalue weighted by Crippen LogP contribution is -2.01. The van der Waals surface area contributed by atoms with Gasteiger partial charge in [0.1, 0.15) is 5.56 Å².